The first-order chi connectivity index (χ1) is 20.8. The van der Waals surface area contributed by atoms with E-state index in [1.54, 1.807) is 13.0 Å². The van der Waals surface area contributed by atoms with Gasteiger partial charge in [-0.15, -0.1) is 5.10 Å². The number of amides is 3. The van der Waals surface area contributed by atoms with Crippen LogP contribution >= 0.6 is 11.5 Å². The lowest BCUT2D eigenvalue weighted by atomic mass is 9.43. The molecule has 4 aliphatic carbocycles. The van der Waals surface area contributed by atoms with Crippen LogP contribution in [0.2, 0.25) is 0 Å². The van der Waals surface area contributed by atoms with Crippen LogP contribution in [0.1, 0.15) is 80.6 Å². The standard InChI is InChI=1S/C31H40N6O6S/c1-19-25(44-36-35-19)27(41)32-21(8-5-6-10-24(39)43-4)26(40)33-22-9-7-11-37(28(22)42)15-23(38)34-31-14-20-12-29(2,17-31)16-30(3,13-20)18-31/h6-7,9-11,20-21H,5,8,12-18H2,1-4H3,(H,32,41)(H,33,40)(H,34,38)/b10-6+/t20?,21-,29?,30?,31?/m0/s1. The molecule has 4 saturated carbocycles. The van der Waals surface area contributed by atoms with Crippen LogP contribution < -0.4 is 21.5 Å². The molecule has 0 saturated heterocycles. The number of aromatic nitrogens is 3. The molecule has 0 spiro atoms. The maximum absolute atomic E-state index is 13.4. The normalized spacial score (nSPS) is 27.6. The second-order valence-electron chi connectivity index (χ2n) is 13.5. The van der Waals surface area contributed by atoms with Crippen molar-refractivity contribution in [2.75, 3.05) is 12.4 Å². The summed E-state index contributed by atoms with van der Waals surface area (Å²) in [7, 11) is 1.26. The average molecular weight is 625 g/mol. The van der Waals surface area contributed by atoms with E-state index in [4.69, 9.17) is 0 Å². The number of hydrogen-bond donors (Lipinski definition) is 3. The quantitative estimate of drug-likeness (QED) is 0.254. The first-order valence-electron chi connectivity index (χ1n) is 15.0. The Morgan fingerprint density at radius 3 is 2.52 bits per heavy atom. The topological polar surface area (TPSA) is 161 Å². The van der Waals surface area contributed by atoms with Crippen molar-refractivity contribution in [2.24, 2.45) is 16.7 Å². The molecule has 2 heterocycles. The number of allylic oxidation sites excluding steroid dienone is 1. The lowest BCUT2D eigenvalue weighted by Crippen LogP contribution is -2.65. The minimum absolute atomic E-state index is 0.0138. The van der Waals surface area contributed by atoms with E-state index in [0.29, 0.717) is 11.6 Å². The molecule has 0 radical (unpaired) electrons. The SMILES string of the molecule is COC(=O)/C=C/CC[C@H](NC(=O)c1snnc1C)C(=O)Nc1cccn(CC(=O)NC23CC4CC(C)(CC(C)(C4)C2)C3)c1=O. The van der Waals surface area contributed by atoms with Crippen molar-refractivity contribution >= 4 is 40.9 Å². The number of nitrogens with one attached hydrogen (secondary N) is 3. The maximum Gasteiger partial charge on any atom is 0.330 e. The maximum atomic E-state index is 13.4. The number of esters is 1. The molecule has 44 heavy (non-hydrogen) atoms. The Hall–Kier alpha value is -3.87. The summed E-state index contributed by atoms with van der Waals surface area (Å²) in [5.41, 5.74) is 0.115. The van der Waals surface area contributed by atoms with Gasteiger partial charge >= 0.3 is 5.97 Å². The van der Waals surface area contributed by atoms with Crippen LogP contribution in [0.4, 0.5) is 5.69 Å². The number of carbonyl (C=O) groups excluding carboxylic acids is 4. The lowest BCUT2D eigenvalue weighted by Gasteiger charge is -2.65. The highest BCUT2D eigenvalue weighted by Crippen LogP contribution is 2.66. The van der Waals surface area contributed by atoms with Crippen LogP contribution in [0.5, 0.6) is 0 Å². The summed E-state index contributed by atoms with van der Waals surface area (Å²) in [4.78, 5) is 64.6. The van der Waals surface area contributed by atoms with E-state index in [-0.39, 0.29) is 52.2 Å². The van der Waals surface area contributed by atoms with Crippen LogP contribution in [-0.4, -0.2) is 56.5 Å². The summed E-state index contributed by atoms with van der Waals surface area (Å²) in [5, 5.41) is 12.5. The van der Waals surface area contributed by atoms with Crippen LogP contribution in [-0.2, 0) is 25.7 Å². The van der Waals surface area contributed by atoms with Crippen molar-refractivity contribution in [2.45, 2.75) is 90.3 Å². The van der Waals surface area contributed by atoms with Crippen molar-refractivity contribution in [1.82, 2.24) is 24.8 Å². The Balaban J connectivity index is 1.26. The van der Waals surface area contributed by atoms with Gasteiger partial charge in [-0.25, -0.2) is 4.79 Å². The fourth-order valence-electron chi connectivity index (χ4n) is 8.50. The van der Waals surface area contributed by atoms with Gasteiger partial charge in [0.05, 0.1) is 12.8 Å². The number of carbonyl (C=O) groups is 4. The molecule has 4 bridgehead atoms. The Morgan fingerprint density at radius 2 is 1.89 bits per heavy atom. The minimum atomic E-state index is -1.04. The van der Waals surface area contributed by atoms with Crippen molar-refractivity contribution in [1.29, 1.82) is 0 Å². The Kier molecular flexibility index (Phi) is 8.79. The second-order valence-corrected chi connectivity index (χ2v) is 14.3. The number of methoxy groups -OCH3 is 1. The molecule has 236 valence electrons. The highest BCUT2D eigenvalue weighted by Gasteiger charge is 2.60. The zero-order chi connectivity index (χ0) is 31.7. The molecule has 0 aliphatic heterocycles. The molecule has 3 N–H and O–H groups in total. The van der Waals surface area contributed by atoms with Gasteiger partial charge in [0.2, 0.25) is 11.8 Å². The number of ether oxygens (including phenoxy) is 1. The molecule has 6 rings (SSSR count). The van der Waals surface area contributed by atoms with Gasteiger partial charge in [-0.3, -0.25) is 19.2 Å². The summed E-state index contributed by atoms with van der Waals surface area (Å²) in [6.45, 7) is 6.15. The van der Waals surface area contributed by atoms with Crippen LogP contribution in [0, 0.1) is 23.7 Å². The monoisotopic (exact) mass is 624 g/mol. The third-order valence-electron chi connectivity index (χ3n) is 9.18. The van der Waals surface area contributed by atoms with E-state index in [2.05, 4.69) is 44.1 Å². The fourth-order valence-corrected chi connectivity index (χ4v) is 9.06. The third kappa shape index (κ3) is 6.92. The Morgan fingerprint density at radius 1 is 1.16 bits per heavy atom. The summed E-state index contributed by atoms with van der Waals surface area (Å²) >= 11 is 0.909. The number of hydrogen-bond acceptors (Lipinski definition) is 9. The largest absolute Gasteiger partial charge is 0.466 e. The lowest BCUT2D eigenvalue weighted by molar-refractivity contribution is -0.140. The average Bonchev–Trinajstić information content (AvgIpc) is 3.35. The smallest absolute Gasteiger partial charge is 0.330 e. The predicted octanol–water partition coefficient (Wildman–Crippen LogP) is 3.12. The van der Waals surface area contributed by atoms with Gasteiger partial charge in [-0.2, -0.15) is 0 Å². The summed E-state index contributed by atoms with van der Waals surface area (Å²) < 4.78 is 9.64. The van der Waals surface area contributed by atoms with Crippen molar-refractivity contribution in [3.05, 3.63) is 51.4 Å². The Labute approximate surface area is 260 Å². The number of nitrogens with zero attached hydrogens (tertiary/aromatic N) is 3. The first-order valence-corrected chi connectivity index (χ1v) is 15.7. The van der Waals surface area contributed by atoms with Gasteiger partial charge in [0.15, 0.2) is 0 Å². The van der Waals surface area contributed by atoms with E-state index < -0.39 is 29.4 Å². The van der Waals surface area contributed by atoms with E-state index in [1.165, 1.54) is 55.4 Å². The van der Waals surface area contributed by atoms with E-state index in [9.17, 15) is 24.0 Å². The molecule has 0 aromatic carbocycles. The molecule has 12 nitrogen and oxygen atoms in total. The van der Waals surface area contributed by atoms with Gasteiger partial charge in [-0.05, 0) is 98.7 Å². The van der Waals surface area contributed by atoms with Gasteiger partial charge in [0.25, 0.3) is 11.5 Å². The predicted molar refractivity (Wildman–Crippen MR) is 164 cm³/mol. The number of anilines is 1. The molecule has 2 aromatic rings. The molecule has 13 heteroatoms. The van der Waals surface area contributed by atoms with Crippen molar-refractivity contribution in [3.8, 4) is 0 Å². The summed E-state index contributed by atoms with van der Waals surface area (Å²) in [6.07, 6.45) is 11.2. The molecule has 2 aromatic heterocycles. The number of aryl methyl sites for hydroxylation is 1. The number of rotatable bonds is 11. The molecule has 4 fully saturated rings. The number of pyridine rings is 1. The zero-order valence-electron chi connectivity index (χ0n) is 25.6. The third-order valence-corrected chi connectivity index (χ3v) is 10.0. The van der Waals surface area contributed by atoms with Gasteiger partial charge in [0, 0.05) is 17.8 Å². The molecule has 3 atom stereocenters. The highest BCUT2D eigenvalue weighted by atomic mass is 32.1. The van der Waals surface area contributed by atoms with E-state index >= 15 is 0 Å². The van der Waals surface area contributed by atoms with Crippen LogP contribution in [0.3, 0.4) is 0 Å². The van der Waals surface area contributed by atoms with Crippen LogP contribution in [0.25, 0.3) is 0 Å². The van der Waals surface area contributed by atoms with Crippen molar-refractivity contribution in [3.63, 3.8) is 0 Å². The highest BCUT2D eigenvalue weighted by molar-refractivity contribution is 7.08. The van der Waals surface area contributed by atoms with Crippen LogP contribution in [0.15, 0.2) is 35.3 Å². The van der Waals surface area contributed by atoms with E-state index in [0.717, 1.165) is 30.8 Å². The molecule has 3 amide bonds. The van der Waals surface area contributed by atoms with Gasteiger partial charge in [-0.1, -0.05) is 24.4 Å². The van der Waals surface area contributed by atoms with Gasteiger partial charge < -0.3 is 25.3 Å². The summed E-state index contributed by atoms with van der Waals surface area (Å²) in [5.74, 6) is -1.29. The Bertz CT molecular complexity index is 1530. The molecule has 4 aliphatic rings. The fraction of sp³-hybridized carbons (Fsp3) is 0.581. The molecular weight excluding hydrogens is 584 g/mol. The first kappa shape index (κ1) is 31.6. The molecule has 2 unspecified atom stereocenters. The van der Waals surface area contributed by atoms with E-state index in [1.807, 2.05) is 0 Å². The van der Waals surface area contributed by atoms with Crippen molar-refractivity contribution < 1.29 is 23.9 Å². The molecular formula is C31H40N6O6S. The minimum Gasteiger partial charge on any atom is -0.466 e. The second kappa shape index (κ2) is 12.3. The summed E-state index contributed by atoms with van der Waals surface area (Å²) in [6, 6.07) is 2.01. The zero-order valence-corrected chi connectivity index (χ0v) is 26.4. The van der Waals surface area contributed by atoms with Gasteiger partial charge in [0.1, 0.15) is 23.2 Å².